The van der Waals surface area contributed by atoms with Gasteiger partial charge in [-0.15, -0.1) is 0 Å². The second-order valence-electron chi connectivity index (χ2n) is 8.06. The number of nitrogens with zero attached hydrogens (tertiary/aromatic N) is 4. The fourth-order valence-corrected chi connectivity index (χ4v) is 4.05. The zero-order valence-corrected chi connectivity index (χ0v) is 18.0. The van der Waals surface area contributed by atoms with Crippen molar-refractivity contribution in [3.05, 3.63) is 54.1 Å². The quantitative estimate of drug-likeness (QED) is 0.525. The van der Waals surface area contributed by atoms with Gasteiger partial charge in [-0.05, 0) is 49.6 Å². The summed E-state index contributed by atoms with van der Waals surface area (Å²) in [5.41, 5.74) is 9.62. The van der Waals surface area contributed by atoms with Gasteiger partial charge in [0.1, 0.15) is 11.6 Å². The van der Waals surface area contributed by atoms with Crippen molar-refractivity contribution in [2.24, 2.45) is 0 Å². The molecule has 0 saturated carbocycles. The van der Waals surface area contributed by atoms with E-state index in [9.17, 15) is 9.59 Å². The molecular weight excluding hydrogens is 406 g/mol. The lowest BCUT2D eigenvalue weighted by Crippen LogP contribution is -2.28. The molecule has 1 saturated heterocycles. The number of carbonyl (C=O) groups excluding carboxylic acids is 2. The minimum atomic E-state index is -0.131. The summed E-state index contributed by atoms with van der Waals surface area (Å²) in [6, 6.07) is 9.20. The van der Waals surface area contributed by atoms with Gasteiger partial charge in [0.25, 0.3) is 0 Å². The molecule has 0 aliphatic carbocycles. The predicted octanol–water partition coefficient (Wildman–Crippen LogP) is 2.88. The highest BCUT2D eigenvalue weighted by molar-refractivity contribution is 5.90. The van der Waals surface area contributed by atoms with Gasteiger partial charge in [0.05, 0.1) is 6.20 Å². The number of aromatic amines is 1. The van der Waals surface area contributed by atoms with E-state index in [0.717, 1.165) is 28.9 Å². The van der Waals surface area contributed by atoms with Crippen LogP contribution in [0.15, 0.2) is 42.7 Å². The molecule has 3 aromatic rings. The largest absolute Gasteiger partial charge is 0.384 e. The van der Waals surface area contributed by atoms with E-state index >= 15 is 0 Å². The molecule has 0 unspecified atom stereocenters. The van der Waals surface area contributed by atoms with Crippen molar-refractivity contribution < 1.29 is 9.59 Å². The first-order chi connectivity index (χ1) is 15.5. The van der Waals surface area contributed by atoms with E-state index in [0.29, 0.717) is 37.6 Å². The molecule has 2 amide bonds. The predicted molar refractivity (Wildman–Crippen MR) is 122 cm³/mol. The van der Waals surface area contributed by atoms with Crippen molar-refractivity contribution in [1.29, 1.82) is 0 Å². The van der Waals surface area contributed by atoms with Crippen LogP contribution < -0.4 is 11.1 Å². The van der Waals surface area contributed by atoms with Crippen molar-refractivity contribution >= 4 is 23.5 Å². The number of carbonyl (C=O) groups is 2. The number of aromatic nitrogens is 4. The van der Waals surface area contributed by atoms with E-state index < -0.39 is 0 Å². The van der Waals surface area contributed by atoms with Gasteiger partial charge >= 0.3 is 0 Å². The Morgan fingerprint density at radius 2 is 2.16 bits per heavy atom. The highest BCUT2D eigenvalue weighted by Gasteiger charge is 2.30. The zero-order chi connectivity index (χ0) is 22.5. The molecule has 9 nitrogen and oxygen atoms in total. The summed E-state index contributed by atoms with van der Waals surface area (Å²) in [5.74, 6) is 1.12. The van der Waals surface area contributed by atoms with Crippen molar-refractivity contribution in [1.82, 2.24) is 25.1 Å². The molecule has 0 aromatic carbocycles. The van der Waals surface area contributed by atoms with Crippen molar-refractivity contribution in [2.75, 3.05) is 24.1 Å². The monoisotopic (exact) mass is 433 g/mol. The maximum atomic E-state index is 12.7. The van der Waals surface area contributed by atoms with E-state index in [1.54, 1.807) is 18.5 Å². The van der Waals surface area contributed by atoms with Crippen LogP contribution in [0.2, 0.25) is 0 Å². The SMILES string of the molecule is Cc1cccc(NC(=O)CCCC(=O)N2CC[C@H](c3[nH]ncc3-c3ccnc(N)c3)C2)n1. The van der Waals surface area contributed by atoms with Gasteiger partial charge < -0.3 is 16.0 Å². The summed E-state index contributed by atoms with van der Waals surface area (Å²) in [6.45, 7) is 3.20. The number of anilines is 2. The highest BCUT2D eigenvalue weighted by Crippen LogP contribution is 2.33. The van der Waals surface area contributed by atoms with Gasteiger partial charge in [-0.2, -0.15) is 5.10 Å². The lowest BCUT2D eigenvalue weighted by molar-refractivity contribution is -0.130. The molecular formula is C23H27N7O2. The molecule has 4 heterocycles. The van der Waals surface area contributed by atoms with Gasteiger partial charge in [0, 0.05) is 55.0 Å². The minimum absolute atomic E-state index is 0.0724. The first-order valence-corrected chi connectivity index (χ1v) is 10.8. The lowest BCUT2D eigenvalue weighted by Gasteiger charge is -2.17. The number of aryl methyl sites for hydroxylation is 1. The number of H-pyrrole nitrogens is 1. The summed E-state index contributed by atoms with van der Waals surface area (Å²) >= 11 is 0. The van der Waals surface area contributed by atoms with Gasteiger partial charge in [0.15, 0.2) is 0 Å². The molecule has 4 rings (SSSR count). The number of nitrogens with two attached hydrogens (primary N) is 1. The summed E-state index contributed by atoms with van der Waals surface area (Å²) in [7, 11) is 0. The number of hydrogen-bond acceptors (Lipinski definition) is 6. The Hall–Kier alpha value is -3.75. The van der Waals surface area contributed by atoms with Gasteiger partial charge in [-0.25, -0.2) is 9.97 Å². The Morgan fingerprint density at radius 3 is 2.97 bits per heavy atom. The Bertz CT molecular complexity index is 1110. The van der Waals surface area contributed by atoms with Gasteiger partial charge in [-0.3, -0.25) is 14.7 Å². The second kappa shape index (κ2) is 9.59. The first kappa shape index (κ1) is 21.5. The van der Waals surface area contributed by atoms with E-state index in [1.807, 2.05) is 36.1 Å². The van der Waals surface area contributed by atoms with Crippen LogP contribution in [0.4, 0.5) is 11.6 Å². The number of rotatable bonds is 7. The first-order valence-electron chi connectivity index (χ1n) is 10.8. The fraction of sp³-hybridized carbons (Fsp3) is 0.348. The lowest BCUT2D eigenvalue weighted by atomic mass is 9.97. The standard InChI is InChI=1S/C23H27N7O2/c1-15-4-2-5-20(27-15)28-21(31)6-3-7-22(32)30-11-9-17(14-30)23-18(13-26-29-23)16-8-10-25-19(24)12-16/h2,4-5,8,10,12-13,17H,3,6-7,9,11,14H2,1H3,(H2,24,25)(H,26,29)(H,27,28,31)/t17-/m0/s1. The summed E-state index contributed by atoms with van der Waals surface area (Å²) in [4.78, 5) is 35.0. The minimum Gasteiger partial charge on any atom is -0.384 e. The number of nitrogen functional groups attached to an aromatic ring is 1. The third kappa shape index (κ3) is 5.11. The van der Waals surface area contributed by atoms with E-state index in [-0.39, 0.29) is 24.2 Å². The maximum absolute atomic E-state index is 12.7. The molecule has 0 bridgehead atoms. The topological polar surface area (TPSA) is 130 Å². The second-order valence-corrected chi connectivity index (χ2v) is 8.06. The molecule has 1 aliphatic rings. The number of nitrogens with one attached hydrogen (secondary N) is 2. The van der Waals surface area contributed by atoms with Crippen molar-refractivity contribution in [2.45, 2.75) is 38.5 Å². The molecule has 32 heavy (non-hydrogen) atoms. The Labute approximate surface area is 186 Å². The third-order valence-corrected chi connectivity index (χ3v) is 5.66. The van der Waals surface area contributed by atoms with E-state index in [1.165, 1.54) is 0 Å². The summed E-state index contributed by atoms with van der Waals surface area (Å²) < 4.78 is 0. The molecule has 4 N–H and O–H groups in total. The summed E-state index contributed by atoms with van der Waals surface area (Å²) in [6.07, 6.45) is 5.46. The summed E-state index contributed by atoms with van der Waals surface area (Å²) in [5, 5.41) is 10.1. The third-order valence-electron chi connectivity index (χ3n) is 5.66. The molecule has 1 fully saturated rings. The van der Waals surface area contributed by atoms with Crippen molar-refractivity contribution in [3.8, 4) is 11.1 Å². The van der Waals surface area contributed by atoms with E-state index in [4.69, 9.17) is 5.73 Å². The average molecular weight is 434 g/mol. The van der Waals surface area contributed by atoms with Crippen LogP contribution in [0.5, 0.6) is 0 Å². The van der Waals surface area contributed by atoms with Gasteiger partial charge in [-0.1, -0.05) is 6.07 Å². The van der Waals surface area contributed by atoms with Gasteiger partial charge in [0.2, 0.25) is 11.8 Å². The molecule has 1 atom stereocenters. The molecule has 0 spiro atoms. The fourth-order valence-electron chi connectivity index (χ4n) is 4.05. The van der Waals surface area contributed by atoms with Crippen LogP contribution >= 0.6 is 0 Å². The maximum Gasteiger partial charge on any atom is 0.225 e. The van der Waals surface area contributed by atoms with E-state index in [2.05, 4.69) is 25.5 Å². The molecule has 166 valence electrons. The van der Waals surface area contributed by atoms with Crippen LogP contribution in [-0.4, -0.2) is 50.0 Å². The molecule has 3 aromatic heterocycles. The number of hydrogen-bond donors (Lipinski definition) is 3. The molecule has 0 radical (unpaired) electrons. The Balaban J connectivity index is 1.27. The van der Waals surface area contributed by atoms with Crippen LogP contribution in [0, 0.1) is 6.92 Å². The number of amides is 2. The Kier molecular flexibility index (Phi) is 6.44. The van der Waals surface area contributed by atoms with Crippen LogP contribution in [0.3, 0.4) is 0 Å². The van der Waals surface area contributed by atoms with Crippen molar-refractivity contribution in [3.63, 3.8) is 0 Å². The molecule has 1 aliphatic heterocycles. The normalized spacial score (nSPS) is 15.7. The van der Waals surface area contributed by atoms with Crippen LogP contribution in [0.1, 0.15) is 43.0 Å². The average Bonchev–Trinajstić information content (AvgIpc) is 3.43. The molecule has 9 heteroatoms. The van der Waals surface area contributed by atoms with Crippen LogP contribution in [0.25, 0.3) is 11.1 Å². The smallest absolute Gasteiger partial charge is 0.225 e. The highest BCUT2D eigenvalue weighted by atomic mass is 16.2. The number of likely N-dealkylation sites (tertiary alicyclic amines) is 1. The zero-order valence-electron chi connectivity index (χ0n) is 18.0. The van der Waals surface area contributed by atoms with Crippen LogP contribution in [-0.2, 0) is 9.59 Å². The Morgan fingerprint density at radius 1 is 1.28 bits per heavy atom. The number of pyridine rings is 2.